The Kier molecular flexibility index (Phi) is 3.57. The third kappa shape index (κ3) is 1.59. The van der Waals surface area contributed by atoms with Crippen LogP contribution in [0.5, 0.6) is 0 Å². The van der Waals surface area contributed by atoms with Gasteiger partial charge in [0.2, 0.25) is 0 Å². The summed E-state index contributed by atoms with van der Waals surface area (Å²) < 4.78 is 0. The number of hydrogen-bond acceptors (Lipinski definition) is 0. The van der Waals surface area contributed by atoms with E-state index in [1.807, 2.05) is 0 Å². The molecule has 1 aromatic carbocycles. The van der Waals surface area contributed by atoms with E-state index >= 15 is 0 Å². The van der Waals surface area contributed by atoms with E-state index in [9.17, 15) is 0 Å². The molecular weight excluding hydrogens is 221 g/mol. The molecule has 62 valence electrons. The van der Waals surface area contributed by atoms with Crippen LogP contribution in [0.2, 0.25) is 0 Å². The summed E-state index contributed by atoms with van der Waals surface area (Å²) in [5, 5.41) is 0. The minimum Gasteiger partial charge on any atom is -0.196 e. The standard InChI is InChI=1S/C10H15.Ru/c1-6-7(2)9(4)10(5)8(6)3;/h1-5H3;/q-1;+2. The van der Waals surface area contributed by atoms with E-state index in [4.69, 9.17) is 0 Å². The van der Waals surface area contributed by atoms with Crippen molar-refractivity contribution >= 4 is 0 Å². The molecule has 0 aliphatic heterocycles. The van der Waals surface area contributed by atoms with Crippen molar-refractivity contribution in [2.45, 2.75) is 34.6 Å². The van der Waals surface area contributed by atoms with E-state index in [2.05, 4.69) is 34.6 Å². The summed E-state index contributed by atoms with van der Waals surface area (Å²) in [7, 11) is 0. The second-order valence-electron chi connectivity index (χ2n) is 3.12. The third-order valence-electron chi connectivity index (χ3n) is 2.81. The van der Waals surface area contributed by atoms with Gasteiger partial charge in [-0.1, -0.05) is 34.6 Å². The van der Waals surface area contributed by atoms with Crippen LogP contribution in [-0.4, -0.2) is 0 Å². The molecule has 0 heterocycles. The molecule has 0 aromatic heterocycles. The molecule has 0 nitrogen and oxygen atoms in total. The van der Waals surface area contributed by atoms with Gasteiger partial charge in [0.05, 0.1) is 0 Å². The normalized spacial score (nSPS) is 9.55. The van der Waals surface area contributed by atoms with Gasteiger partial charge >= 0.3 is 19.5 Å². The molecule has 1 rings (SSSR count). The van der Waals surface area contributed by atoms with Crippen molar-refractivity contribution in [3.8, 4) is 0 Å². The SMILES string of the molecule is Cc1c(C)c(C)[c-](C)c1C.[Ru+2]. The van der Waals surface area contributed by atoms with Gasteiger partial charge in [0.1, 0.15) is 0 Å². The summed E-state index contributed by atoms with van der Waals surface area (Å²) in [4.78, 5) is 0. The van der Waals surface area contributed by atoms with Gasteiger partial charge in [0.25, 0.3) is 0 Å². The Morgan fingerprint density at radius 2 is 1.09 bits per heavy atom. The first-order chi connectivity index (χ1) is 4.55. The molecule has 0 aliphatic rings. The fourth-order valence-corrected chi connectivity index (χ4v) is 1.41. The quantitative estimate of drug-likeness (QED) is 0.480. The van der Waals surface area contributed by atoms with Gasteiger partial charge in [0, 0.05) is 0 Å². The van der Waals surface area contributed by atoms with E-state index < -0.39 is 0 Å². The Balaban J connectivity index is 0.000001000. The Bertz CT molecular complexity index is 176. The molecule has 1 aromatic rings. The van der Waals surface area contributed by atoms with Crippen LogP contribution in [0.15, 0.2) is 0 Å². The minimum absolute atomic E-state index is 0. The first-order valence-electron chi connectivity index (χ1n) is 3.75. The fraction of sp³-hybridized carbons (Fsp3) is 0.500. The zero-order valence-electron chi connectivity index (χ0n) is 7.85. The van der Waals surface area contributed by atoms with Crippen molar-refractivity contribution in [1.29, 1.82) is 0 Å². The van der Waals surface area contributed by atoms with E-state index in [0.29, 0.717) is 0 Å². The Hall–Kier alpha value is -0.0266. The molecule has 0 N–H and O–H groups in total. The first kappa shape index (κ1) is 11.0. The van der Waals surface area contributed by atoms with Crippen molar-refractivity contribution in [3.05, 3.63) is 27.8 Å². The number of rotatable bonds is 0. The van der Waals surface area contributed by atoms with Crippen molar-refractivity contribution in [2.24, 2.45) is 0 Å². The molecule has 0 saturated heterocycles. The van der Waals surface area contributed by atoms with Crippen LogP contribution >= 0.6 is 0 Å². The van der Waals surface area contributed by atoms with Gasteiger partial charge in [-0.25, -0.2) is 0 Å². The van der Waals surface area contributed by atoms with Crippen LogP contribution in [0.1, 0.15) is 27.8 Å². The Morgan fingerprint density at radius 1 is 0.818 bits per heavy atom. The smallest absolute Gasteiger partial charge is 0.196 e. The van der Waals surface area contributed by atoms with Crippen molar-refractivity contribution < 1.29 is 19.5 Å². The second kappa shape index (κ2) is 3.58. The molecule has 0 spiro atoms. The van der Waals surface area contributed by atoms with Crippen LogP contribution in [0, 0.1) is 34.6 Å². The monoisotopic (exact) mass is 237 g/mol. The van der Waals surface area contributed by atoms with E-state index in [1.165, 1.54) is 27.8 Å². The predicted molar refractivity (Wildman–Crippen MR) is 45.7 cm³/mol. The number of hydrogen-bond donors (Lipinski definition) is 0. The van der Waals surface area contributed by atoms with Crippen LogP contribution in [0.4, 0.5) is 0 Å². The van der Waals surface area contributed by atoms with Crippen LogP contribution < -0.4 is 0 Å². The van der Waals surface area contributed by atoms with E-state index in [-0.39, 0.29) is 19.5 Å². The molecule has 0 bridgehead atoms. The molecule has 0 amide bonds. The van der Waals surface area contributed by atoms with Gasteiger partial charge in [-0.2, -0.15) is 27.8 Å². The van der Waals surface area contributed by atoms with E-state index in [1.54, 1.807) is 0 Å². The zero-order chi connectivity index (χ0) is 7.89. The first-order valence-corrected chi connectivity index (χ1v) is 3.75. The third-order valence-corrected chi connectivity index (χ3v) is 2.81. The molecule has 0 radical (unpaired) electrons. The Morgan fingerprint density at radius 3 is 1.18 bits per heavy atom. The molecule has 0 atom stereocenters. The van der Waals surface area contributed by atoms with Gasteiger partial charge < -0.3 is 0 Å². The fourth-order valence-electron chi connectivity index (χ4n) is 1.41. The second-order valence-corrected chi connectivity index (χ2v) is 3.12. The van der Waals surface area contributed by atoms with Crippen LogP contribution in [0.25, 0.3) is 0 Å². The van der Waals surface area contributed by atoms with Crippen LogP contribution in [-0.2, 0) is 19.5 Å². The summed E-state index contributed by atoms with van der Waals surface area (Å²) in [6, 6.07) is 0. The Labute approximate surface area is 82.1 Å². The average molecular weight is 236 g/mol. The van der Waals surface area contributed by atoms with Gasteiger partial charge in [0.15, 0.2) is 0 Å². The average Bonchev–Trinajstić information content (AvgIpc) is 2.07. The van der Waals surface area contributed by atoms with Crippen molar-refractivity contribution in [2.75, 3.05) is 0 Å². The maximum atomic E-state index is 2.20. The van der Waals surface area contributed by atoms with Crippen molar-refractivity contribution in [1.82, 2.24) is 0 Å². The zero-order valence-corrected chi connectivity index (χ0v) is 9.59. The summed E-state index contributed by atoms with van der Waals surface area (Å²) in [6.45, 7) is 11.0. The molecule has 11 heavy (non-hydrogen) atoms. The minimum atomic E-state index is 0. The predicted octanol–water partition coefficient (Wildman–Crippen LogP) is 2.95. The molecule has 0 aliphatic carbocycles. The topological polar surface area (TPSA) is 0 Å². The largest absolute Gasteiger partial charge is 2.00 e. The molecular formula is C10H15Ru+. The molecule has 1 heteroatoms. The molecule has 0 fully saturated rings. The maximum absolute atomic E-state index is 2.20. The summed E-state index contributed by atoms with van der Waals surface area (Å²) in [6.07, 6.45) is 0. The van der Waals surface area contributed by atoms with Gasteiger partial charge in [-0.05, 0) is 0 Å². The van der Waals surface area contributed by atoms with Gasteiger partial charge in [-0.3, -0.25) is 0 Å². The van der Waals surface area contributed by atoms with E-state index in [0.717, 1.165) is 0 Å². The summed E-state index contributed by atoms with van der Waals surface area (Å²) >= 11 is 0. The summed E-state index contributed by atoms with van der Waals surface area (Å²) in [5.41, 5.74) is 7.34. The van der Waals surface area contributed by atoms with Crippen LogP contribution in [0.3, 0.4) is 0 Å². The maximum Gasteiger partial charge on any atom is 2.00 e. The molecule has 0 unspecified atom stereocenters. The van der Waals surface area contributed by atoms with Gasteiger partial charge in [-0.15, -0.1) is 0 Å². The van der Waals surface area contributed by atoms with Crippen molar-refractivity contribution in [3.63, 3.8) is 0 Å². The molecule has 0 saturated carbocycles. The summed E-state index contributed by atoms with van der Waals surface area (Å²) in [5.74, 6) is 0.